The van der Waals surface area contributed by atoms with E-state index in [-0.39, 0.29) is 30.1 Å². The quantitative estimate of drug-likeness (QED) is 0.665. The van der Waals surface area contributed by atoms with E-state index in [1.165, 1.54) is 6.92 Å². The van der Waals surface area contributed by atoms with Crippen molar-refractivity contribution in [3.05, 3.63) is 0 Å². The van der Waals surface area contributed by atoms with Crippen molar-refractivity contribution in [2.75, 3.05) is 0 Å². The van der Waals surface area contributed by atoms with Crippen molar-refractivity contribution < 1.29 is 19.1 Å². The van der Waals surface area contributed by atoms with E-state index >= 15 is 0 Å². The lowest BCUT2D eigenvalue weighted by atomic mass is 10.1. The highest BCUT2D eigenvalue weighted by Crippen LogP contribution is 2.24. The Hall–Kier alpha value is -0.900. The number of rotatable bonds is 4. The Balaban J connectivity index is 2.29. The molecule has 0 aromatic heterocycles. The zero-order valence-corrected chi connectivity index (χ0v) is 9.49. The molecule has 0 saturated carbocycles. The summed E-state index contributed by atoms with van der Waals surface area (Å²) < 4.78 is 10.5. The fraction of sp³-hybridized carbons (Fsp3) is 0.818. The van der Waals surface area contributed by atoms with Crippen LogP contribution in [0.4, 0.5) is 0 Å². The first-order chi connectivity index (χ1) is 6.99. The van der Waals surface area contributed by atoms with Gasteiger partial charge in [-0.2, -0.15) is 0 Å². The highest BCUT2D eigenvalue weighted by Gasteiger charge is 2.29. The summed E-state index contributed by atoms with van der Waals surface area (Å²) in [6.07, 6.45) is 1.98. The van der Waals surface area contributed by atoms with Gasteiger partial charge >= 0.3 is 5.97 Å². The Morgan fingerprint density at radius 3 is 2.53 bits per heavy atom. The van der Waals surface area contributed by atoms with Crippen LogP contribution in [-0.4, -0.2) is 30.1 Å². The second kappa shape index (κ2) is 5.26. The zero-order chi connectivity index (χ0) is 11.4. The number of ketones is 1. The third-order valence-corrected chi connectivity index (χ3v) is 2.52. The highest BCUT2D eigenvalue weighted by atomic mass is 16.5. The van der Waals surface area contributed by atoms with Crippen LogP contribution in [0, 0.1) is 0 Å². The fourth-order valence-corrected chi connectivity index (χ4v) is 1.88. The van der Waals surface area contributed by atoms with Gasteiger partial charge in [0.1, 0.15) is 12.2 Å². The van der Waals surface area contributed by atoms with E-state index in [9.17, 15) is 9.59 Å². The lowest BCUT2D eigenvalue weighted by Gasteiger charge is -2.16. The maximum atomic E-state index is 11.0. The maximum Gasteiger partial charge on any atom is 0.302 e. The Kier molecular flexibility index (Phi) is 4.27. The number of hydrogen-bond donors (Lipinski definition) is 0. The largest absolute Gasteiger partial charge is 0.463 e. The minimum atomic E-state index is -0.274. The molecule has 0 amide bonds. The average molecular weight is 214 g/mol. The second-order valence-electron chi connectivity index (χ2n) is 4.09. The van der Waals surface area contributed by atoms with E-state index in [0.29, 0.717) is 6.42 Å². The molecule has 1 aliphatic rings. The Labute approximate surface area is 89.9 Å². The van der Waals surface area contributed by atoms with Gasteiger partial charge in [-0.15, -0.1) is 0 Å². The lowest BCUT2D eigenvalue weighted by Crippen LogP contribution is -2.23. The van der Waals surface area contributed by atoms with Crippen LogP contribution in [0.2, 0.25) is 0 Å². The number of carbonyl (C=O) groups excluding carboxylic acids is 2. The molecule has 1 heterocycles. The molecule has 0 aliphatic carbocycles. The third kappa shape index (κ3) is 4.00. The van der Waals surface area contributed by atoms with E-state index < -0.39 is 0 Å². The first-order valence-electron chi connectivity index (χ1n) is 5.32. The summed E-state index contributed by atoms with van der Waals surface area (Å²) in [4.78, 5) is 21.7. The van der Waals surface area contributed by atoms with Crippen LogP contribution in [0.1, 0.15) is 40.0 Å². The number of esters is 1. The Morgan fingerprint density at radius 1 is 1.40 bits per heavy atom. The summed E-state index contributed by atoms with van der Waals surface area (Å²) in [5, 5.41) is 0. The molecule has 1 fully saturated rings. The maximum absolute atomic E-state index is 11.0. The second-order valence-corrected chi connectivity index (χ2v) is 4.09. The van der Waals surface area contributed by atoms with Crippen molar-refractivity contribution in [3.63, 3.8) is 0 Å². The predicted molar refractivity (Wildman–Crippen MR) is 54.4 cm³/mol. The van der Waals surface area contributed by atoms with Gasteiger partial charge in [-0.05, 0) is 26.7 Å². The molecule has 15 heavy (non-hydrogen) atoms. The van der Waals surface area contributed by atoms with Crippen molar-refractivity contribution in [2.24, 2.45) is 0 Å². The summed E-state index contributed by atoms with van der Waals surface area (Å²) in [7, 11) is 0. The van der Waals surface area contributed by atoms with Crippen molar-refractivity contribution in [1.82, 2.24) is 0 Å². The molecule has 4 heteroatoms. The van der Waals surface area contributed by atoms with Gasteiger partial charge < -0.3 is 9.47 Å². The smallest absolute Gasteiger partial charge is 0.302 e. The van der Waals surface area contributed by atoms with E-state index in [1.807, 2.05) is 6.92 Å². The molecule has 86 valence electrons. The first kappa shape index (κ1) is 12.2. The van der Waals surface area contributed by atoms with Crippen LogP contribution in [-0.2, 0) is 19.1 Å². The molecule has 0 aromatic rings. The molecular weight excluding hydrogens is 196 g/mol. The van der Waals surface area contributed by atoms with Gasteiger partial charge in [0.15, 0.2) is 5.78 Å². The van der Waals surface area contributed by atoms with Crippen LogP contribution >= 0.6 is 0 Å². The topological polar surface area (TPSA) is 52.6 Å². The molecule has 3 unspecified atom stereocenters. The SMILES string of the molecule is CC(=O)OC(C)CC1CCC(C(C)=O)O1. The van der Waals surface area contributed by atoms with Crippen LogP contribution < -0.4 is 0 Å². The minimum Gasteiger partial charge on any atom is -0.463 e. The number of hydrogen-bond acceptors (Lipinski definition) is 4. The molecule has 0 N–H and O–H groups in total. The molecule has 0 aromatic carbocycles. The van der Waals surface area contributed by atoms with Crippen LogP contribution in [0.3, 0.4) is 0 Å². The summed E-state index contributed by atoms with van der Waals surface area (Å²) in [6, 6.07) is 0. The van der Waals surface area contributed by atoms with Crippen LogP contribution in [0.15, 0.2) is 0 Å². The van der Waals surface area contributed by atoms with Crippen molar-refractivity contribution in [3.8, 4) is 0 Å². The van der Waals surface area contributed by atoms with Gasteiger partial charge in [-0.25, -0.2) is 0 Å². The van der Waals surface area contributed by atoms with Gasteiger partial charge in [-0.1, -0.05) is 0 Å². The normalized spacial score (nSPS) is 27.4. The predicted octanol–water partition coefficient (Wildman–Crippen LogP) is 1.46. The van der Waals surface area contributed by atoms with Gasteiger partial charge in [0.05, 0.1) is 6.10 Å². The average Bonchev–Trinajstić information content (AvgIpc) is 2.50. The number of Topliss-reactive ketones (excluding diaryl/α,β-unsaturated/α-hetero) is 1. The molecule has 1 rings (SSSR count). The van der Waals surface area contributed by atoms with E-state index in [2.05, 4.69) is 0 Å². The number of ether oxygens (including phenoxy) is 2. The van der Waals surface area contributed by atoms with Crippen LogP contribution in [0.25, 0.3) is 0 Å². The molecule has 1 saturated heterocycles. The molecule has 1 aliphatic heterocycles. The third-order valence-electron chi connectivity index (χ3n) is 2.52. The summed E-state index contributed by atoms with van der Waals surface area (Å²) in [5.41, 5.74) is 0. The van der Waals surface area contributed by atoms with E-state index in [0.717, 1.165) is 12.8 Å². The van der Waals surface area contributed by atoms with Gasteiger partial charge in [0.25, 0.3) is 0 Å². The summed E-state index contributed by atoms with van der Waals surface area (Å²) in [6.45, 7) is 4.78. The lowest BCUT2D eigenvalue weighted by molar-refractivity contribution is -0.147. The molecule has 3 atom stereocenters. The molecular formula is C11H18O4. The van der Waals surface area contributed by atoms with Gasteiger partial charge in [0.2, 0.25) is 0 Å². The Morgan fingerprint density at radius 2 is 2.07 bits per heavy atom. The van der Waals surface area contributed by atoms with Gasteiger partial charge in [-0.3, -0.25) is 9.59 Å². The van der Waals surface area contributed by atoms with Crippen molar-refractivity contribution in [1.29, 1.82) is 0 Å². The Bertz CT molecular complexity index is 249. The summed E-state index contributed by atoms with van der Waals surface area (Å²) in [5.74, 6) is -0.193. The van der Waals surface area contributed by atoms with Gasteiger partial charge in [0, 0.05) is 13.3 Å². The number of carbonyl (C=O) groups is 2. The molecule has 4 nitrogen and oxygen atoms in total. The first-order valence-corrected chi connectivity index (χ1v) is 5.32. The fourth-order valence-electron chi connectivity index (χ4n) is 1.88. The highest BCUT2D eigenvalue weighted by molar-refractivity contribution is 5.80. The van der Waals surface area contributed by atoms with E-state index in [4.69, 9.17) is 9.47 Å². The minimum absolute atomic E-state index is 0.0493. The van der Waals surface area contributed by atoms with Crippen molar-refractivity contribution in [2.45, 2.75) is 58.3 Å². The monoisotopic (exact) mass is 214 g/mol. The van der Waals surface area contributed by atoms with E-state index in [1.54, 1.807) is 6.92 Å². The summed E-state index contributed by atoms with van der Waals surface area (Å²) >= 11 is 0. The molecule has 0 bridgehead atoms. The molecule has 0 spiro atoms. The van der Waals surface area contributed by atoms with Crippen molar-refractivity contribution >= 4 is 11.8 Å². The zero-order valence-electron chi connectivity index (χ0n) is 9.49. The standard InChI is InChI=1S/C11H18O4/c1-7(14-9(3)13)6-10-4-5-11(15-10)8(2)12/h7,10-11H,4-6H2,1-3H3. The molecule has 0 radical (unpaired) electrons. The van der Waals surface area contributed by atoms with Crippen LogP contribution in [0.5, 0.6) is 0 Å².